The van der Waals surface area contributed by atoms with Crippen LogP contribution in [0.25, 0.3) is 0 Å². The molecule has 1 aliphatic rings. The lowest BCUT2D eigenvalue weighted by molar-refractivity contribution is 0.193. The van der Waals surface area contributed by atoms with Gasteiger partial charge in [0.15, 0.2) is 0 Å². The van der Waals surface area contributed by atoms with Gasteiger partial charge >= 0.3 is 0 Å². The van der Waals surface area contributed by atoms with E-state index >= 15 is 0 Å². The molecule has 1 N–H and O–H groups in total. The van der Waals surface area contributed by atoms with E-state index in [-0.39, 0.29) is 5.82 Å². The van der Waals surface area contributed by atoms with Crippen molar-refractivity contribution in [3.63, 3.8) is 0 Å². The number of hydrogen-bond acceptors (Lipinski definition) is 2. The van der Waals surface area contributed by atoms with Crippen molar-refractivity contribution in [3.8, 4) is 0 Å². The summed E-state index contributed by atoms with van der Waals surface area (Å²) in [5.74, 6) is 0.638. The summed E-state index contributed by atoms with van der Waals surface area (Å²) < 4.78 is 13.5. The zero-order valence-electron chi connectivity index (χ0n) is 11.5. The average Bonchev–Trinajstić information content (AvgIpc) is 2.39. The standard InChI is InChI=1S/C15H22ClFN2/c1-12-4-7-19(8-5-12)9-6-18-11-13-2-3-14(16)10-15(13)17/h2-3,10,12,18H,4-9,11H2,1H3. The summed E-state index contributed by atoms with van der Waals surface area (Å²) in [5.41, 5.74) is 0.677. The van der Waals surface area contributed by atoms with Crippen LogP contribution < -0.4 is 5.32 Å². The third-order valence-electron chi connectivity index (χ3n) is 3.81. The van der Waals surface area contributed by atoms with Gasteiger partial charge in [0, 0.05) is 30.2 Å². The molecule has 0 spiro atoms. The van der Waals surface area contributed by atoms with Gasteiger partial charge in [-0.3, -0.25) is 0 Å². The van der Waals surface area contributed by atoms with E-state index in [1.54, 1.807) is 12.1 Å². The zero-order valence-corrected chi connectivity index (χ0v) is 12.2. The number of likely N-dealkylation sites (tertiary alicyclic amines) is 1. The second-order valence-corrected chi connectivity index (χ2v) is 5.87. The Labute approximate surface area is 119 Å². The normalized spacial score (nSPS) is 17.8. The minimum atomic E-state index is -0.230. The fourth-order valence-corrected chi connectivity index (χ4v) is 2.57. The molecule has 0 radical (unpaired) electrons. The van der Waals surface area contributed by atoms with E-state index in [1.807, 2.05) is 0 Å². The first kappa shape index (κ1) is 14.8. The van der Waals surface area contributed by atoms with E-state index in [0.29, 0.717) is 17.1 Å². The van der Waals surface area contributed by atoms with Crippen molar-refractivity contribution in [1.82, 2.24) is 10.2 Å². The average molecular weight is 285 g/mol. The lowest BCUT2D eigenvalue weighted by atomic mass is 9.99. The van der Waals surface area contributed by atoms with Crippen LogP contribution in [-0.4, -0.2) is 31.1 Å². The van der Waals surface area contributed by atoms with Crippen LogP contribution in [0.15, 0.2) is 18.2 Å². The molecule has 2 nitrogen and oxygen atoms in total. The topological polar surface area (TPSA) is 15.3 Å². The van der Waals surface area contributed by atoms with E-state index in [0.717, 1.165) is 19.0 Å². The number of nitrogens with one attached hydrogen (secondary N) is 1. The van der Waals surface area contributed by atoms with E-state index < -0.39 is 0 Å². The van der Waals surface area contributed by atoms with Crippen molar-refractivity contribution >= 4 is 11.6 Å². The molecule has 1 aliphatic heterocycles. The predicted molar refractivity (Wildman–Crippen MR) is 78.0 cm³/mol. The summed E-state index contributed by atoms with van der Waals surface area (Å²) >= 11 is 5.72. The Kier molecular flexibility index (Phi) is 5.61. The van der Waals surface area contributed by atoms with Gasteiger partial charge in [-0.15, -0.1) is 0 Å². The molecule has 0 aromatic heterocycles. The molecule has 2 rings (SSSR count). The Bertz CT molecular complexity index is 403. The summed E-state index contributed by atoms with van der Waals surface area (Å²) in [6, 6.07) is 4.84. The van der Waals surface area contributed by atoms with E-state index in [9.17, 15) is 4.39 Å². The first-order valence-electron chi connectivity index (χ1n) is 7.02. The number of rotatable bonds is 5. The summed E-state index contributed by atoms with van der Waals surface area (Å²) in [6.45, 7) is 7.21. The molecule has 1 aromatic rings. The molecular weight excluding hydrogens is 263 g/mol. The number of benzene rings is 1. The summed E-state index contributed by atoms with van der Waals surface area (Å²) in [4.78, 5) is 2.48. The Balaban J connectivity index is 1.66. The molecule has 0 unspecified atom stereocenters. The van der Waals surface area contributed by atoms with Crippen LogP contribution in [0.5, 0.6) is 0 Å². The fraction of sp³-hybridized carbons (Fsp3) is 0.600. The number of piperidine rings is 1. The van der Waals surface area contributed by atoms with Crippen molar-refractivity contribution in [2.24, 2.45) is 5.92 Å². The fourth-order valence-electron chi connectivity index (χ4n) is 2.41. The monoisotopic (exact) mass is 284 g/mol. The molecule has 0 amide bonds. The molecule has 106 valence electrons. The largest absolute Gasteiger partial charge is 0.311 e. The maximum atomic E-state index is 13.5. The second kappa shape index (κ2) is 7.22. The van der Waals surface area contributed by atoms with Crippen LogP contribution >= 0.6 is 11.6 Å². The Morgan fingerprint density at radius 1 is 1.37 bits per heavy atom. The molecule has 0 atom stereocenters. The highest BCUT2D eigenvalue weighted by atomic mass is 35.5. The lowest BCUT2D eigenvalue weighted by Crippen LogP contribution is -2.37. The van der Waals surface area contributed by atoms with Crippen molar-refractivity contribution < 1.29 is 4.39 Å². The van der Waals surface area contributed by atoms with Gasteiger partial charge in [0.1, 0.15) is 5.82 Å². The van der Waals surface area contributed by atoms with Gasteiger partial charge < -0.3 is 10.2 Å². The van der Waals surface area contributed by atoms with E-state index in [4.69, 9.17) is 11.6 Å². The molecule has 0 bridgehead atoms. The van der Waals surface area contributed by atoms with Crippen molar-refractivity contribution in [2.45, 2.75) is 26.3 Å². The third-order valence-corrected chi connectivity index (χ3v) is 4.05. The van der Waals surface area contributed by atoms with Crippen molar-refractivity contribution in [3.05, 3.63) is 34.6 Å². The van der Waals surface area contributed by atoms with Gasteiger partial charge in [-0.2, -0.15) is 0 Å². The molecule has 0 aliphatic carbocycles. The van der Waals surface area contributed by atoms with Gasteiger partial charge in [0.05, 0.1) is 0 Å². The van der Waals surface area contributed by atoms with E-state index in [2.05, 4.69) is 17.1 Å². The Morgan fingerprint density at radius 2 is 2.11 bits per heavy atom. The zero-order chi connectivity index (χ0) is 13.7. The van der Waals surface area contributed by atoms with E-state index in [1.165, 1.54) is 32.0 Å². The van der Waals surface area contributed by atoms with Crippen LogP contribution in [0.1, 0.15) is 25.3 Å². The summed E-state index contributed by atoms with van der Waals surface area (Å²) in [7, 11) is 0. The number of hydrogen-bond donors (Lipinski definition) is 1. The minimum absolute atomic E-state index is 0.230. The Hall–Kier alpha value is -0.640. The maximum absolute atomic E-state index is 13.5. The van der Waals surface area contributed by atoms with Crippen molar-refractivity contribution in [1.29, 1.82) is 0 Å². The molecule has 1 aromatic carbocycles. The van der Waals surface area contributed by atoms with Crippen LogP contribution in [0.2, 0.25) is 5.02 Å². The Morgan fingerprint density at radius 3 is 2.79 bits per heavy atom. The molecule has 1 fully saturated rings. The molecular formula is C15H22ClFN2. The molecule has 1 saturated heterocycles. The smallest absolute Gasteiger partial charge is 0.129 e. The highest BCUT2D eigenvalue weighted by Gasteiger charge is 2.14. The molecule has 4 heteroatoms. The SMILES string of the molecule is CC1CCN(CCNCc2ccc(Cl)cc2F)CC1. The molecule has 1 heterocycles. The lowest BCUT2D eigenvalue weighted by Gasteiger charge is -2.30. The summed E-state index contributed by atoms with van der Waals surface area (Å²) in [6.07, 6.45) is 2.59. The van der Waals surface area contributed by atoms with Gasteiger partial charge in [-0.25, -0.2) is 4.39 Å². The van der Waals surface area contributed by atoms with Crippen LogP contribution in [0.4, 0.5) is 4.39 Å². The van der Waals surface area contributed by atoms with Gasteiger partial charge in [-0.1, -0.05) is 24.6 Å². The van der Waals surface area contributed by atoms with Crippen LogP contribution in [-0.2, 0) is 6.54 Å². The van der Waals surface area contributed by atoms with Crippen LogP contribution in [0.3, 0.4) is 0 Å². The number of nitrogens with zero attached hydrogens (tertiary/aromatic N) is 1. The summed E-state index contributed by atoms with van der Waals surface area (Å²) in [5, 5.41) is 3.74. The highest BCUT2D eigenvalue weighted by Crippen LogP contribution is 2.16. The van der Waals surface area contributed by atoms with Gasteiger partial charge in [0.25, 0.3) is 0 Å². The predicted octanol–water partition coefficient (Wildman–Crippen LogP) is 3.30. The number of halogens is 2. The first-order chi connectivity index (χ1) is 9.15. The quantitative estimate of drug-likeness (QED) is 0.835. The first-order valence-corrected chi connectivity index (χ1v) is 7.40. The maximum Gasteiger partial charge on any atom is 0.129 e. The van der Waals surface area contributed by atoms with Crippen LogP contribution in [0, 0.1) is 11.7 Å². The molecule has 19 heavy (non-hydrogen) atoms. The molecule has 0 saturated carbocycles. The minimum Gasteiger partial charge on any atom is -0.311 e. The second-order valence-electron chi connectivity index (χ2n) is 5.44. The van der Waals surface area contributed by atoms with Gasteiger partial charge in [0.2, 0.25) is 0 Å². The van der Waals surface area contributed by atoms with Gasteiger partial charge in [-0.05, 0) is 44.0 Å². The third kappa shape index (κ3) is 4.75. The van der Waals surface area contributed by atoms with Crippen molar-refractivity contribution in [2.75, 3.05) is 26.2 Å². The highest BCUT2D eigenvalue weighted by molar-refractivity contribution is 6.30.